The molecule has 0 radical (unpaired) electrons. The van der Waals surface area contributed by atoms with Crippen LogP contribution in [0.15, 0.2) is 58.8 Å². The second kappa shape index (κ2) is 7.31. The van der Waals surface area contributed by atoms with Gasteiger partial charge in [-0.15, -0.1) is 0 Å². The summed E-state index contributed by atoms with van der Waals surface area (Å²) in [6, 6.07) is 18.1. The summed E-state index contributed by atoms with van der Waals surface area (Å²) in [7, 11) is 0. The number of azo groups is 1. The summed E-state index contributed by atoms with van der Waals surface area (Å²) in [5.74, 6) is 0. The fourth-order valence-electron chi connectivity index (χ4n) is 2.04. The molecule has 0 bridgehead atoms. The zero-order valence-corrected chi connectivity index (χ0v) is 12.8. The van der Waals surface area contributed by atoms with Crippen LogP contribution in [0.4, 0.5) is 5.69 Å². The lowest BCUT2D eigenvalue weighted by Crippen LogP contribution is -2.29. The number of rotatable bonds is 5. The number of hydrogen-bond acceptors (Lipinski definition) is 5. The Morgan fingerprint density at radius 3 is 1.96 bits per heavy atom. The molecule has 0 saturated heterocycles. The molecule has 0 unspecified atom stereocenters. The van der Waals surface area contributed by atoms with E-state index < -0.39 is 5.54 Å². The summed E-state index contributed by atoms with van der Waals surface area (Å²) in [6.45, 7) is 1.67. The number of aliphatic hydroxyl groups excluding tert-OH is 1. The van der Waals surface area contributed by atoms with Gasteiger partial charge in [-0.1, -0.05) is 12.1 Å². The van der Waals surface area contributed by atoms with Crippen molar-refractivity contribution in [3.8, 4) is 12.1 Å². The van der Waals surface area contributed by atoms with Crippen LogP contribution in [-0.2, 0) is 6.42 Å². The van der Waals surface area contributed by atoms with Crippen molar-refractivity contribution < 1.29 is 5.11 Å². The molecule has 0 aliphatic heterocycles. The molecular weight excluding hydrogens is 288 g/mol. The minimum absolute atomic E-state index is 0.146. The first-order valence-corrected chi connectivity index (χ1v) is 7.11. The average molecular weight is 304 g/mol. The number of benzene rings is 2. The van der Waals surface area contributed by atoms with E-state index in [0.29, 0.717) is 23.2 Å². The number of hydrogen-bond donors (Lipinski definition) is 1. The Morgan fingerprint density at radius 2 is 1.48 bits per heavy atom. The van der Waals surface area contributed by atoms with Crippen LogP contribution in [0.1, 0.15) is 23.6 Å². The van der Waals surface area contributed by atoms with Crippen LogP contribution in [0.5, 0.6) is 0 Å². The Hall–Kier alpha value is -3.02. The van der Waals surface area contributed by atoms with Crippen molar-refractivity contribution >= 4 is 5.69 Å². The normalized spacial score (nSPS) is 13.2. The van der Waals surface area contributed by atoms with Crippen molar-refractivity contribution in [1.82, 2.24) is 0 Å². The third-order valence-corrected chi connectivity index (χ3v) is 3.41. The Balaban J connectivity index is 2.13. The van der Waals surface area contributed by atoms with Crippen molar-refractivity contribution in [1.29, 1.82) is 10.5 Å². The van der Waals surface area contributed by atoms with Gasteiger partial charge in [-0.2, -0.15) is 20.8 Å². The van der Waals surface area contributed by atoms with Gasteiger partial charge in [0.25, 0.3) is 0 Å². The maximum atomic E-state index is 9.66. The van der Waals surface area contributed by atoms with Crippen LogP contribution in [0, 0.1) is 22.7 Å². The molecule has 5 heteroatoms. The standard InChI is InChI=1S/C18H16N4O/c1-18(13-23,10-14-2-4-15(11-19)5-3-14)22-21-17-8-6-16(12-20)7-9-17/h2-9,23H,10,13H2,1H3/t18-/m1/s1. The number of aliphatic hydroxyl groups is 1. The van der Waals surface area contributed by atoms with Crippen LogP contribution in [-0.4, -0.2) is 17.3 Å². The molecule has 0 spiro atoms. The number of nitrogens with zero attached hydrogens (tertiary/aromatic N) is 4. The highest BCUT2D eigenvalue weighted by molar-refractivity contribution is 5.42. The van der Waals surface area contributed by atoms with E-state index in [9.17, 15) is 5.11 Å². The molecule has 1 N–H and O–H groups in total. The maximum Gasteiger partial charge on any atom is 0.106 e. The second-order valence-corrected chi connectivity index (χ2v) is 5.50. The Bertz CT molecular complexity index is 767. The average Bonchev–Trinajstić information content (AvgIpc) is 2.61. The lowest BCUT2D eigenvalue weighted by molar-refractivity contribution is 0.204. The molecule has 5 nitrogen and oxygen atoms in total. The van der Waals surface area contributed by atoms with Crippen molar-refractivity contribution in [2.24, 2.45) is 10.2 Å². The molecule has 0 heterocycles. The smallest absolute Gasteiger partial charge is 0.106 e. The van der Waals surface area contributed by atoms with Gasteiger partial charge in [-0.3, -0.25) is 0 Å². The van der Waals surface area contributed by atoms with Crippen LogP contribution in [0.3, 0.4) is 0 Å². The van der Waals surface area contributed by atoms with Gasteiger partial charge >= 0.3 is 0 Å². The lowest BCUT2D eigenvalue weighted by Gasteiger charge is -2.21. The fourth-order valence-corrected chi connectivity index (χ4v) is 2.04. The van der Waals surface area contributed by atoms with Crippen molar-refractivity contribution in [2.45, 2.75) is 18.9 Å². The summed E-state index contributed by atoms with van der Waals surface area (Å²) in [6.07, 6.45) is 0.509. The monoisotopic (exact) mass is 304 g/mol. The second-order valence-electron chi connectivity index (χ2n) is 5.50. The highest BCUT2D eigenvalue weighted by Crippen LogP contribution is 2.21. The molecule has 0 aliphatic rings. The highest BCUT2D eigenvalue weighted by Gasteiger charge is 2.23. The van der Waals surface area contributed by atoms with Gasteiger partial charge in [0, 0.05) is 6.42 Å². The van der Waals surface area contributed by atoms with E-state index in [2.05, 4.69) is 16.3 Å². The Labute approximate surface area is 135 Å². The third kappa shape index (κ3) is 4.47. The summed E-state index contributed by atoms with van der Waals surface area (Å²) in [5.41, 5.74) is 2.01. The van der Waals surface area contributed by atoms with Gasteiger partial charge in [0.15, 0.2) is 0 Å². The van der Waals surface area contributed by atoms with Crippen LogP contribution in [0.25, 0.3) is 0 Å². The summed E-state index contributed by atoms with van der Waals surface area (Å²) >= 11 is 0. The van der Waals surface area contributed by atoms with Gasteiger partial charge < -0.3 is 5.11 Å². The summed E-state index contributed by atoms with van der Waals surface area (Å²) in [5, 5.41) is 35.7. The third-order valence-electron chi connectivity index (χ3n) is 3.41. The zero-order chi connectivity index (χ0) is 16.7. The number of nitriles is 2. The van der Waals surface area contributed by atoms with Crippen LogP contribution >= 0.6 is 0 Å². The van der Waals surface area contributed by atoms with Gasteiger partial charge in [0.2, 0.25) is 0 Å². The minimum atomic E-state index is -0.748. The van der Waals surface area contributed by atoms with Gasteiger partial charge in [0.05, 0.1) is 35.6 Å². The molecule has 0 aromatic heterocycles. The molecule has 1 atom stereocenters. The molecule has 2 aromatic rings. The predicted octanol–water partition coefficient (Wildman–Crippen LogP) is 3.51. The lowest BCUT2D eigenvalue weighted by atomic mass is 9.94. The van der Waals surface area contributed by atoms with Gasteiger partial charge in [-0.25, -0.2) is 0 Å². The zero-order valence-electron chi connectivity index (χ0n) is 12.8. The van der Waals surface area contributed by atoms with Crippen LogP contribution < -0.4 is 0 Å². The molecule has 0 fully saturated rings. The largest absolute Gasteiger partial charge is 0.394 e. The molecule has 0 aliphatic carbocycles. The first kappa shape index (κ1) is 16.4. The molecule has 23 heavy (non-hydrogen) atoms. The minimum Gasteiger partial charge on any atom is -0.394 e. The summed E-state index contributed by atoms with van der Waals surface area (Å²) < 4.78 is 0. The van der Waals surface area contributed by atoms with E-state index in [-0.39, 0.29) is 6.61 Å². The first-order valence-electron chi connectivity index (χ1n) is 7.11. The first-order chi connectivity index (χ1) is 11.1. The van der Waals surface area contributed by atoms with Crippen LogP contribution in [0.2, 0.25) is 0 Å². The molecule has 114 valence electrons. The highest BCUT2D eigenvalue weighted by atomic mass is 16.3. The molecular formula is C18H16N4O. The van der Waals surface area contributed by atoms with Gasteiger partial charge in [-0.05, 0) is 48.9 Å². The summed E-state index contributed by atoms with van der Waals surface area (Å²) in [4.78, 5) is 0. The Morgan fingerprint density at radius 1 is 0.957 bits per heavy atom. The SMILES string of the molecule is C[C@](CO)(Cc1ccc(C#N)cc1)N=Nc1ccc(C#N)cc1. The topological polar surface area (TPSA) is 92.5 Å². The molecule has 0 saturated carbocycles. The predicted molar refractivity (Wildman–Crippen MR) is 86.0 cm³/mol. The molecule has 2 rings (SSSR count). The Kier molecular flexibility index (Phi) is 5.19. The van der Waals surface area contributed by atoms with Crippen molar-refractivity contribution in [3.63, 3.8) is 0 Å². The van der Waals surface area contributed by atoms with E-state index in [1.165, 1.54) is 0 Å². The van der Waals surface area contributed by atoms with Crippen molar-refractivity contribution in [3.05, 3.63) is 65.2 Å². The maximum absolute atomic E-state index is 9.66. The van der Waals surface area contributed by atoms with Crippen molar-refractivity contribution in [2.75, 3.05) is 6.61 Å². The van der Waals surface area contributed by atoms with E-state index in [1.54, 1.807) is 36.4 Å². The van der Waals surface area contributed by atoms with E-state index >= 15 is 0 Å². The fraction of sp³-hybridized carbons (Fsp3) is 0.222. The van der Waals surface area contributed by atoms with E-state index in [4.69, 9.17) is 10.5 Å². The van der Waals surface area contributed by atoms with E-state index in [0.717, 1.165) is 5.56 Å². The van der Waals surface area contributed by atoms with E-state index in [1.807, 2.05) is 25.1 Å². The van der Waals surface area contributed by atoms with Gasteiger partial charge in [0.1, 0.15) is 5.54 Å². The molecule has 0 amide bonds. The quantitative estimate of drug-likeness (QED) is 0.857. The molecule has 2 aromatic carbocycles.